The molecule has 0 saturated heterocycles. The van der Waals surface area contributed by atoms with Gasteiger partial charge in [0.05, 0.1) is 0 Å². The molecule has 317 valence electrons. The zero-order valence-corrected chi connectivity index (χ0v) is 157. The Bertz CT molecular complexity index is 181. The first kappa shape index (κ1) is 452. The summed E-state index contributed by atoms with van der Waals surface area (Å²) in [5.74, 6) is 0. The zero-order valence-electron chi connectivity index (χ0n) is 52.1. The van der Waals surface area contributed by atoms with Gasteiger partial charge in [-0.25, -0.2) is 0 Å². The molecule has 0 rings (SSSR count). The molecule has 0 aliphatic carbocycles. The Morgan fingerprint density at radius 3 is 0.148 bits per heavy atom. The van der Waals surface area contributed by atoms with E-state index in [0.717, 1.165) is 0 Å². The van der Waals surface area contributed by atoms with Gasteiger partial charge in [0.15, 0.2) is 0 Å². The van der Waals surface area contributed by atoms with Crippen LogP contribution in [0.2, 0.25) is 0 Å². The Kier molecular flexibility index (Phi) is 3670. The predicted octanol–water partition coefficient (Wildman–Crippen LogP) is -30.0. The summed E-state index contributed by atoms with van der Waals surface area (Å²) in [5.41, 5.74) is 0. The molecule has 0 aromatic heterocycles. The average Bonchev–Trinajstić information content (AvgIpc) is 0. The van der Waals surface area contributed by atoms with Crippen molar-refractivity contribution in [3.05, 3.63) is 0 Å². The van der Waals surface area contributed by atoms with E-state index in [1.165, 1.54) is 0 Å². The predicted molar refractivity (Wildman–Crippen MR) is 360 cm³/mol. The van der Waals surface area contributed by atoms with Crippen LogP contribution in [0.5, 0.6) is 0 Å². The summed E-state index contributed by atoms with van der Waals surface area (Å²) in [5, 5.41) is 0. The van der Waals surface area contributed by atoms with E-state index in [4.69, 9.17) is 0 Å². The monoisotopic (exact) mass is 3020 g/mol. The molecule has 0 spiro atoms. The van der Waals surface area contributed by atoms with E-state index in [1.54, 1.807) is 0 Å². The van der Waals surface area contributed by atoms with Crippen LogP contribution in [0.25, 0.3) is 0 Å². The first-order chi connectivity index (χ1) is 0. The second-order valence-corrected chi connectivity index (χ2v) is 0. The quantitative estimate of drug-likeness (QED) is 0.144. The first-order valence-corrected chi connectivity index (χ1v) is 0. The average molecular weight is 3020 g/mol. The number of rotatable bonds is 0. The van der Waals surface area contributed by atoms with Crippen LogP contribution >= 0.6 is 314 Å². The summed E-state index contributed by atoms with van der Waals surface area (Å²) in [7, 11) is 0. The van der Waals surface area contributed by atoms with Crippen LogP contribution in [0, 0.1) is 0 Å². The van der Waals surface area contributed by atoms with E-state index >= 15 is 0 Å². The van der Waals surface area contributed by atoms with Crippen LogP contribution in [0.3, 0.4) is 0 Å². The van der Waals surface area contributed by atoms with E-state index in [-0.39, 0.29) is 1460 Å². The van der Waals surface area contributed by atoms with Crippen molar-refractivity contribution in [2.24, 2.45) is 0 Å². The van der Waals surface area contributed by atoms with Gasteiger partial charge < -0.3 is 30.8 Å². The molecule has 6 N–H and O–H groups in total. The van der Waals surface area contributed by atoms with Gasteiger partial charge in [0.25, 0.3) is 0 Å². The summed E-state index contributed by atoms with van der Waals surface area (Å²) in [4.78, 5) is 0. The molecule has 22 atom stereocenters. The number of hydrogen-bond donors (Lipinski definition) is 2. The molecule has 0 aromatic rings. The van der Waals surface area contributed by atoms with Crippen molar-refractivity contribution in [1.29, 1.82) is 0 Å². The van der Waals surface area contributed by atoms with E-state index in [1.807, 2.05) is 0 Å². The fourth-order valence-electron chi connectivity index (χ4n) is 0. The van der Waals surface area contributed by atoms with Gasteiger partial charge in [-0.3, -0.25) is 0 Å². The Balaban J connectivity index is 0. The van der Waals surface area contributed by atoms with Crippen molar-refractivity contribution in [1.82, 2.24) is 12.3 Å². The van der Waals surface area contributed by atoms with Gasteiger partial charge in [-0.15, -0.1) is 95.9 Å². The summed E-state index contributed by atoms with van der Waals surface area (Å²) in [6.07, 6.45) is 0. The third-order valence-electron chi connectivity index (χ3n) is 0. The van der Waals surface area contributed by atoms with Gasteiger partial charge in [-0.2, -0.15) is 218 Å². The van der Waals surface area contributed by atoms with E-state index in [2.05, 4.69) is 0 Å². The molecule has 0 bridgehead atoms. The topological polar surface area (TPSA) is 70.0 Å². The molecule has 13 radical (unpaired) electrons. The van der Waals surface area contributed by atoms with Gasteiger partial charge >= 0.3 is 668 Å². The van der Waals surface area contributed by atoms with Gasteiger partial charge in [-0.1, -0.05) is 0 Å². The van der Waals surface area contributed by atoms with Crippen molar-refractivity contribution in [3.8, 4) is 0 Å². The Hall–Kier alpha value is 47.9. The van der Waals surface area contributed by atoms with Crippen molar-refractivity contribution < 1.29 is 1130 Å². The maximum Gasteiger partial charge on any atom is 1.00 e. The Labute approximate surface area is 1400 Å². The molecular formula is H117I4K13N2P22Y13. The minimum Gasteiger partial charge on any atom is -1.00 e. The largest absolute Gasteiger partial charge is 1.00 e. The third kappa shape index (κ3) is 426. The van der Waals surface area contributed by atoms with E-state index in [0.29, 0.717) is 0 Å². The van der Waals surface area contributed by atoms with E-state index in [9.17, 15) is 0 Å². The van der Waals surface area contributed by atoms with Gasteiger partial charge in [0.1, 0.15) is 0 Å². The molecule has 0 saturated carbocycles. The minimum absolute atomic E-state index is 0. The maximum atomic E-state index is 0. The Morgan fingerprint density at radius 2 is 0.148 bits per heavy atom. The van der Waals surface area contributed by atoms with Crippen molar-refractivity contribution in [3.63, 3.8) is 0 Å². The SMILES string of the molecule is I.I.I.I.N.N.P.P.P.P.P.P.P.P.P.P.P.P.P.P.P.P.P.P.P.P.P.P.[2HH].[2HH].[2HH].[3HH].[3HH].[3HH].[3HH].[3HH].[3HH].[3HH].[3HH].[3HH].[3HH].[3HH].[H-].[H-].[H-].[H-].[H-].[H-].[H-].[H-].[H-].[H-].[H-].[H-].[H-].[K+].[K+].[K+].[K+].[K+].[K+].[K+].[K+].[K+].[K+].[K+].[K+].[K+].[Y].[Y].[Y].[Y].[Y].[Y].[Y].[Y].[Y].[Y].[Y].[Y].[Y]. The molecule has 0 fully saturated rings. The zero-order chi connectivity index (χ0) is 0. The fraction of sp³-hybridized carbons (Fsp3) is 0. The van der Waals surface area contributed by atoms with Gasteiger partial charge in [-0.05, 0) is 0 Å². The summed E-state index contributed by atoms with van der Waals surface area (Å²) in [6.45, 7) is 0. The summed E-state index contributed by atoms with van der Waals surface area (Å²) >= 11 is 0. The molecule has 0 aliphatic rings. The second-order valence-electron chi connectivity index (χ2n) is 0. The van der Waals surface area contributed by atoms with Crippen LogP contribution < -0.4 is 680 Å². The van der Waals surface area contributed by atoms with Crippen LogP contribution in [-0.2, 0) is 425 Å². The van der Waals surface area contributed by atoms with E-state index < -0.39 is 0 Å². The normalized spacial score (nSPS) is 0. The summed E-state index contributed by atoms with van der Waals surface area (Å²) < 4.78 is 0. The molecule has 0 heterocycles. The molecule has 54 heteroatoms. The minimum atomic E-state index is 0. The van der Waals surface area contributed by atoms with Gasteiger partial charge in [0.2, 0.25) is 0 Å². The van der Waals surface area contributed by atoms with Crippen LogP contribution in [0.1, 0.15) is 38.5 Å². The first-order valence-electron chi connectivity index (χ1n) is 0. The number of hydrogen-bond acceptors (Lipinski definition) is 2. The molecule has 0 aromatic carbocycles. The van der Waals surface area contributed by atoms with Crippen LogP contribution in [0.15, 0.2) is 0 Å². The summed E-state index contributed by atoms with van der Waals surface area (Å²) in [6, 6.07) is 0. The standard InChI is InChI=1S/4HI.13K.2H3N.22H3P.13Y.14H2.13H/h4*1H;;;;;;;;;;;;;;24*1H3;;;;;;;;;;;;;;14*1H;;;;;;;;;;;;;/q;;;;13*+1;;;;;;;;;;;;;;;;;;;;;;;;;;;;;;;;;;;;;;;;;;;;;;;;;;;;13*-1/i;;;;;;;;;;;;;;;;;;;;;;;;;;;;;;;;;;;;;;;;;;;;;;;;;;;;;;11*1+2;3*1+1;;;;;;;;;;;;;. The van der Waals surface area contributed by atoms with Crippen LogP contribution in [0.4, 0.5) is 0 Å². The Morgan fingerprint density at radius 1 is 0.148 bits per heavy atom. The van der Waals surface area contributed by atoms with Crippen LogP contribution in [-0.4, -0.2) is 0 Å². The van der Waals surface area contributed by atoms with Gasteiger partial charge in [0, 0.05) is 445 Å². The molecular weight excluding hydrogens is 2880 g/mol. The molecule has 22 unspecified atom stereocenters. The van der Waals surface area contributed by atoms with Crippen molar-refractivity contribution >= 4 is 314 Å². The maximum absolute atomic E-state index is 0. The molecule has 0 aliphatic heterocycles. The third-order valence-corrected chi connectivity index (χ3v) is 0. The molecule has 2 nitrogen and oxygen atoms in total. The van der Waals surface area contributed by atoms with Crippen molar-refractivity contribution in [2.45, 2.75) is 0 Å². The van der Waals surface area contributed by atoms with Crippen molar-refractivity contribution in [2.75, 3.05) is 0 Å². The second kappa shape index (κ2) is 439. The molecule has 54 heavy (non-hydrogen) atoms. The smallest absolute Gasteiger partial charge is 1.00 e. The molecule has 0 amide bonds. The number of halogens is 4. The fourth-order valence-corrected chi connectivity index (χ4v) is 0.